The number of hydrogen-bond acceptors (Lipinski definition) is 3. The average molecular weight is 291 g/mol. The molecule has 0 bridgehead atoms. The summed E-state index contributed by atoms with van der Waals surface area (Å²) in [5, 5.41) is 6.24. The van der Waals surface area contributed by atoms with Crippen molar-refractivity contribution in [3.8, 4) is 0 Å². The van der Waals surface area contributed by atoms with Crippen LogP contribution in [0.3, 0.4) is 0 Å². The van der Waals surface area contributed by atoms with E-state index in [1.807, 2.05) is 25.1 Å². The lowest BCUT2D eigenvalue weighted by Crippen LogP contribution is -2.48. The summed E-state index contributed by atoms with van der Waals surface area (Å²) < 4.78 is 0. The molecule has 0 spiro atoms. The molecule has 4 heteroatoms. The van der Waals surface area contributed by atoms with E-state index in [1.54, 1.807) is 0 Å². The molecular weight excluding hydrogens is 262 g/mol. The molecule has 0 aromatic heterocycles. The molecule has 1 rings (SSSR count). The Hall–Kier alpha value is -1.39. The normalized spacial score (nSPS) is 14.0. The Morgan fingerprint density at radius 2 is 1.86 bits per heavy atom. The number of nitrogens with two attached hydrogens (primary N) is 1. The van der Waals surface area contributed by atoms with Gasteiger partial charge in [-0.2, -0.15) is 0 Å². The molecule has 0 unspecified atom stereocenters. The maximum absolute atomic E-state index is 12.0. The van der Waals surface area contributed by atoms with Gasteiger partial charge in [-0.1, -0.05) is 51.1 Å². The first-order valence-electron chi connectivity index (χ1n) is 7.83. The van der Waals surface area contributed by atoms with E-state index in [9.17, 15) is 4.79 Å². The minimum Gasteiger partial charge on any atom is -0.354 e. The fraction of sp³-hybridized carbons (Fsp3) is 0.588. The molecular formula is C17H29N3O. The molecule has 1 amide bonds. The first-order chi connectivity index (χ1) is 10.0. The summed E-state index contributed by atoms with van der Waals surface area (Å²) in [6.07, 6.45) is 1.58. The van der Waals surface area contributed by atoms with Crippen molar-refractivity contribution in [1.29, 1.82) is 0 Å². The van der Waals surface area contributed by atoms with Crippen LogP contribution < -0.4 is 16.4 Å². The number of carbonyl (C=O) groups excluding carboxylic acids is 1. The second-order valence-corrected chi connectivity index (χ2v) is 5.96. The molecule has 0 aliphatic rings. The Morgan fingerprint density at radius 3 is 2.43 bits per heavy atom. The van der Waals surface area contributed by atoms with Crippen LogP contribution in [0.2, 0.25) is 0 Å². The quantitative estimate of drug-likeness (QED) is 0.649. The van der Waals surface area contributed by atoms with E-state index >= 15 is 0 Å². The molecule has 0 saturated heterocycles. The molecule has 0 radical (unpaired) electrons. The van der Waals surface area contributed by atoms with Crippen molar-refractivity contribution in [1.82, 2.24) is 10.6 Å². The molecule has 21 heavy (non-hydrogen) atoms. The summed E-state index contributed by atoms with van der Waals surface area (Å²) in [5.41, 5.74) is 7.36. The molecule has 0 saturated carbocycles. The highest BCUT2D eigenvalue weighted by Gasteiger charge is 2.16. The second kappa shape index (κ2) is 9.53. The molecule has 4 N–H and O–H groups in total. The predicted octanol–water partition coefficient (Wildman–Crippen LogP) is 1.70. The summed E-state index contributed by atoms with van der Waals surface area (Å²) >= 11 is 0. The molecule has 2 atom stereocenters. The Labute approximate surface area is 128 Å². The van der Waals surface area contributed by atoms with E-state index in [4.69, 9.17) is 5.73 Å². The largest absolute Gasteiger partial charge is 0.354 e. The lowest BCUT2D eigenvalue weighted by molar-refractivity contribution is -0.123. The molecule has 0 heterocycles. The van der Waals surface area contributed by atoms with E-state index in [2.05, 4.69) is 36.6 Å². The Balaban J connectivity index is 2.35. The minimum atomic E-state index is -0.162. The number of nitrogens with one attached hydrogen (secondary N) is 2. The Bertz CT molecular complexity index is 406. The van der Waals surface area contributed by atoms with Gasteiger partial charge in [0, 0.05) is 19.1 Å². The first-order valence-corrected chi connectivity index (χ1v) is 7.83. The molecule has 1 aromatic rings. The van der Waals surface area contributed by atoms with Crippen LogP contribution in [0.5, 0.6) is 0 Å². The van der Waals surface area contributed by atoms with Crippen LogP contribution in [-0.4, -0.2) is 31.1 Å². The van der Waals surface area contributed by atoms with E-state index < -0.39 is 0 Å². The maximum Gasteiger partial charge on any atom is 0.237 e. The smallest absolute Gasteiger partial charge is 0.237 e. The number of carbonyl (C=O) groups is 1. The van der Waals surface area contributed by atoms with Gasteiger partial charge in [0.2, 0.25) is 5.91 Å². The van der Waals surface area contributed by atoms with Gasteiger partial charge in [-0.05, 0) is 24.3 Å². The zero-order valence-electron chi connectivity index (χ0n) is 13.4. The maximum atomic E-state index is 12.0. The third-order valence-electron chi connectivity index (χ3n) is 3.38. The summed E-state index contributed by atoms with van der Waals surface area (Å²) in [6, 6.07) is 10.0. The highest BCUT2D eigenvalue weighted by atomic mass is 16.2. The molecule has 118 valence electrons. The van der Waals surface area contributed by atoms with Crippen LogP contribution in [0, 0.1) is 5.92 Å². The number of hydrogen-bond donors (Lipinski definition) is 3. The van der Waals surface area contributed by atoms with Gasteiger partial charge in [-0.15, -0.1) is 0 Å². The third-order valence-corrected chi connectivity index (χ3v) is 3.38. The standard InChI is InChI=1S/C17H29N3O/c1-4-16(17(21)20-11-13(2)3)19-12-15(18)10-14-8-6-5-7-9-14/h5-9,13,15-16,19H,4,10-12,18H2,1-3H3,(H,20,21)/t15-,16-/m0/s1. The topological polar surface area (TPSA) is 67.1 Å². The predicted molar refractivity (Wildman–Crippen MR) is 88.1 cm³/mol. The van der Waals surface area contributed by atoms with Crippen molar-refractivity contribution in [3.05, 3.63) is 35.9 Å². The van der Waals surface area contributed by atoms with Crippen LogP contribution >= 0.6 is 0 Å². The highest BCUT2D eigenvalue weighted by Crippen LogP contribution is 2.02. The van der Waals surface area contributed by atoms with Crippen molar-refractivity contribution in [2.24, 2.45) is 11.7 Å². The lowest BCUT2D eigenvalue weighted by atomic mass is 10.1. The SMILES string of the molecule is CC[C@H](NC[C@@H](N)Cc1ccccc1)C(=O)NCC(C)C. The fourth-order valence-corrected chi connectivity index (χ4v) is 2.13. The van der Waals surface area contributed by atoms with Gasteiger partial charge in [0.25, 0.3) is 0 Å². The summed E-state index contributed by atoms with van der Waals surface area (Å²) in [4.78, 5) is 12.0. The van der Waals surface area contributed by atoms with Crippen molar-refractivity contribution >= 4 is 5.91 Å². The van der Waals surface area contributed by atoms with E-state index in [0.29, 0.717) is 19.0 Å². The van der Waals surface area contributed by atoms with Crippen molar-refractivity contribution < 1.29 is 4.79 Å². The van der Waals surface area contributed by atoms with E-state index in [1.165, 1.54) is 5.56 Å². The zero-order chi connectivity index (χ0) is 15.7. The van der Waals surface area contributed by atoms with Gasteiger partial charge in [-0.3, -0.25) is 4.79 Å². The number of rotatable bonds is 9. The van der Waals surface area contributed by atoms with Gasteiger partial charge >= 0.3 is 0 Å². The van der Waals surface area contributed by atoms with Crippen LogP contribution in [-0.2, 0) is 11.2 Å². The van der Waals surface area contributed by atoms with Gasteiger partial charge in [0.05, 0.1) is 6.04 Å². The highest BCUT2D eigenvalue weighted by molar-refractivity contribution is 5.81. The van der Waals surface area contributed by atoms with Crippen LogP contribution in [0.25, 0.3) is 0 Å². The molecule has 1 aromatic carbocycles. The molecule has 0 aliphatic heterocycles. The second-order valence-electron chi connectivity index (χ2n) is 5.96. The van der Waals surface area contributed by atoms with Crippen molar-refractivity contribution in [2.75, 3.05) is 13.1 Å². The molecule has 0 aliphatic carbocycles. The molecule has 4 nitrogen and oxygen atoms in total. The van der Waals surface area contributed by atoms with Crippen molar-refractivity contribution in [3.63, 3.8) is 0 Å². The van der Waals surface area contributed by atoms with Gasteiger partial charge in [-0.25, -0.2) is 0 Å². The zero-order valence-corrected chi connectivity index (χ0v) is 13.4. The van der Waals surface area contributed by atoms with E-state index in [-0.39, 0.29) is 18.0 Å². The molecule has 0 fully saturated rings. The number of benzene rings is 1. The summed E-state index contributed by atoms with van der Waals surface area (Å²) in [5.74, 6) is 0.532. The Morgan fingerprint density at radius 1 is 1.19 bits per heavy atom. The minimum absolute atomic E-state index is 0.0133. The lowest BCUT2D eigenvalue weighted by Gasteiger charge is -2.20. The van der Waals surface area contributed by atoms with Gasteiger partial charge in [0.15, 0.2) is 0 Å². The Kier molecular flexibility index (Phi) is 8.01. The van der Waals surface area contributed by atoms with Crippen LogP contribution in [0.4, 0.5) is 0 Å². The third kappa shape index (κ3) is 7.25. The summed E-state index contributed by atoms with van der Waals surface area (Å²) in [6.45, 7) is 7.54. The van der Waals surface area contributed by atoms with E-state index in [0.717, 1.165) is 12.8 Å². The average Bonchev–Trinajstić information content (AvgIpc) is 2.46. The van der Waals surface area contributed by atoms with Gasteiger partial charge < -0.3 is 16.4 Å². The van der Waals surface area contributed by atoms with Crippen LogP contribution in [0.15, 0.2) is 30.3 Å². The summed E-state index contributed by atoms with van der Waals surface area (Å²) in [7, 11) is 0. The fourth-order valence-electron chi connectivity index (χ4n) is 2.13. The monoisotopic (exact) mass is 291 g/mol. The first kappa shape index (κ1) is 17.7. The van der Waals surface area contributed by atoms with Gasteiger partial charge in [0.1, 0.15) is 0 Å². The van der Waals surface area contributed by atoms with Crippen molar-refractivity contribution in [2.45, 2.75) is 45.7 Å². The number of amides is 1. The van der Waals surface area contributed by atoms with Crippen LogP contribution in [0.1, 0.15) is 32.8 Å².